The van der Waals surface area contributed by atoms with Crippen LogP contribution in [0.15, 0.2) is 43.0 Å². The molecule has 20 heavy (non-hydrogen) atoms. The molecule has 0 heterocycles. The number of nitrogens with one attached hydrogen (secondary N) is 2. The minimum atomic E-state index is -0.462. The second-order valence-electron chi connectivity index (χ2n) is 4.35. The van der Waals surface area contributed by atoms with E-state index in [-0.39, 0.29) is 12.5 Å². The Hall–Kier alpha value is -2.14. The average molecular weight is 275 g/mol. The van der Waals surface area contributed by atoms with E-state index in [1.54, 1.807) is 13.0 Å². The minimum absolute atomic E-state index is 0.151. The molecule has 0 saturated heterocycles. The molecule has 0 spiro atoms. The van der Waals surface area contributed by atoms with Crippen LogP contribution < -0.4 is 10.6 Å². The van der Waals surface area contributed by atoms with Gasteiger partial charge in [-0.15, -0.1) is 6.58 Å². The third-order valence-corrected chi connectivity index (χ3v) is 2.59. The first-order valence-electron chi connectivity index (χ1n) is 6.60. The van der Waals surface area contributed by atoms with Crippen LogP contribution in [0.2, 0.25) is 0 Å². The Labute approximate surface area is 119 Å². The van der Waals surface area contributed by atoms with Gasteiger partial charge in [0.1, 0.15) is 0 Å². The Morgan fingerprint density at radius 1 is 1.30 bits per heavy atom. The van der Waals surface area contributed by atoms with Crippen LogP contribution in [0.5, 0.6) is 0 Å². The Balaban J connectivity index is 2.52. The van der Waals surface area contributed by atoms with Crippen molar-refractivity contribution in [1.82, 2.24) is 15.5 Å². The topological polar surface area (TPSA) is 61.4 Å². The maximum absolute atomic E-state index is 11.8. The second-order valence-corrected chi connectivity index (χ2v) is 4.35. The molecule has 0 aromatic heterocycles. The number of imide groups is 1. The largest absolute Gasteiger partial charge is 0.338 e. The molecule has 0 bridgehead atoms. The monoisotopic (exact) mass is 275 g/mol. The maximum atomic E-state index is 11.8. The van der Waals surface area contributed by atoms with E-state index in [9.17, 15) is 9.59 Å². The molecule has 1 rings (SSSR count). The number of rotatable bonds is 7. The van der Waals surface area contributed by atoms with Crippen molar-refractivity contribution in [2.45, 2.75) is 13.5 Å². The van der Waals surface area contributed by atoms with E-state index in [0.29, 0.717) is 19.6 Å². The lowest BCUT2D eigenvalue weighted by molar-refractivity contribution is -0.121. The quantitative estimate of drug-likeness (QED) is 0.742. The molecule has 0 saturated carbocycles. The number of nitrogens with zero attached hydrogens (tertiary/aromatic N) is 1. The van der Waals surface area contributed by atoms with Gasteiger partial charge in [-0.25, -0.2) is 4.79 Å². The number of hydrogen-bond donors (Lipinski definition) is 2. The van der Waals surface area contributed by atoms with Crippen molar-refractivity contribution in [1.29, 1.82) is 0 Å². The van der Waals surface area contributed by atoms with Gasteiger partial charge in [-0.3, -0.25) is 15.0 Å². The van der Waals surface area contributed by atoms with Crippen molar-refractivity contribution in [3.05, 3.63) is 48.6 Å². The molecule has 5 heteroatoms. The zero-order valence-corrected chi connectivity index (χ0v) is 11.8. The first-order valence-corrected chi connectivity index (χ1v) is 6.60. The van der Waals surface area contributed by atoms with Crippen LogP contribution in [0.25, 0.3) is 0 Å². The van der Waals surface area contributed by atoms with Crippen LogP contribution in [-0.4, -0.2) is 36.5 Å². The molecular weight excluding hydrogens is 254 g/mol. The van der Waals surface area contributed by atoms with Gasteiger partial charge in [-0.05, 0) is 12.5 Å². The molecule has 3 amide bonds. The van der Waals surface area contributed by atoms with Crippen LogP contribution in [0, 0.1) is 0 Å². The summed E-state index contributed by atoms with van der Waals surface area (Å²) < 4.78 is 0. The Bertz CT molecular complexity index is 446. The smallest absolute Gasteiger partial charge is 0.321 e. The summed E-state index contributed by atoms with van der Waals surface area (Å²) in [5.74, 6) is -0.325. The zero-order valence-electron chi connectivity index (χ0n) is 11.8. The van der Waals surface area contributed by atoms with E-state index in [1.165, 1.54) is 0 Å². The lowest BCUT2D eigenvalue weighted by Gasteiger charge is -2.20. The van der Waals surface area contributed by atoms with E-state index < -0.39 is 6.03 Å². The number of benzene rings is 1. The molecule has 0 aliphatic carbocycles. The molecular formula is C15H21N3O2. The fourth-order valence-electron chi connectivity index (χ4n) is 1.78. The van der Waals surface area contributed by atoms with Crippen LogP contribution in [-0.2, 0) is 11.3 Å². The summed E-state index contributed by atoms with van der Waals surface area (Å²) in [5, 5.41) is 4.81. The van der Waals surface area contributed by atoms with Gasteiger partial charge in [-0.1, -0.05) is 36.4 Å². The molecule has 5 nitrogen and oxygen atoms in total. The zero-order chi connectivity index (χ0) is 14.8. The van der Waals surface area contributed by atoms with Crippen molar-refractivity contribution in [3.8, 4) is 0 Å². The van der Waals surface area contributed by atoms with Crippen LogP contribution in [0.3, 0.4) is 0 Å². The minimum Gasteiger partial charge on any atom is -0.338 e. The lowest BCUT2D eigenvalue weighted by Crippen LogP contribution is -2.44. The summed E-state index contributed by atoms with van der Waals surface area (Å²) in [6, 6.07) is 9.39. The van der Waals surface area contributed by atoms with Gasteiger partial charge in [0.2, 0.25) is 5.91 Å². The van der Waals surface area contributed by atoms with Gasteiger partial charge >= 0.3 is 6.03 Å². The van der Waals surface area contributed by atoms with Gasteiger partial charge in [0.15, 0.2) is 0 Å². The van der Waals surface area contributed by atoms with Gasteiger partial charge in [0, 0.05) is 19.6 Å². The fraction of sp³-hybridized carbons (Fsp3) is 0.333. The van der Waals surface area contributed by atoms with Crippen LogP contribution >= 0.6 is 0 Å². The van der Waals surface area contributed by atoms with E-state index in [1.807, 2.05) is 35.2 Å². The number of amides is 3. The fourth-order valence-corrected chi connectivity index (χ4v) is 1.78. The molecule has 0 aliphatic rings. The van der Waals surface area contributed by atoms with Crippen molar-refractivity contribution < 1.29 is 9.59 Å². The molecule has 0 fully saturated rings. The summed E-state index contributed by atoms with van der Waals surface area (Å²) >= 11 is 0. The van der Waals surface area contributed by atoms with Crippen LogP contribution in [0.4, 0.5) is 4.79 Å². The second kappa shape index (κ2) is 8.87. The first kappa shape index (κ1) is 15.9. The molecule has 0 unspecified atom stereocenters. The van der Waals surface area contributed by atoms with Crippen molar-refractivity contribution in [2.75, 3.05) is 19.6 Å². The Kier molecular flexibility index (Phi) is 7.06. The van der Waals surface area contributed by atoms with Crippen molar-refractivity contribution in [2.24, 2.45) is 0 Å². The summed E-state index contributed by atoms with van der Waals surface area (Å²) in [7, 11) is 0. The maximum Gasteiger partial charge on any atom is 0.321 e. The SMILES string of the molecule is C=CCN(CC(=O)NC(=O)NCC)Cc1ccccc1. The van der Waals surface area contributed by atoms with E-state index in [4.69, 9.17) is 0 Å². The van der Waals surface area contributed by atoms with Crippen molar-refractivity contribution in [3.63, 3.8) is 0 Å². The number of carbonyl (C=O) groups is 2. The highest BCUT2D eigenvalue weighted by molar-refractivity contribution is 5.95. The Morgan fingerprint density at radius 3 is 2.60 bits per heavy atom. The third-order valence-electron chi connectivity index (χ3n) is 2.59. The van der Waals surface area contributed by atoms with E-state index >= 15 is 0 Å². The number of urea groups is 1. The highest BCUT2D eigenvalue weighted by atomic mass is 16.2. The van der Waals surface area contributed by atoms with E-state index in [2.05, 4.69) is 17.2 Å². The van der Waals surface area contributed by atoms with Gasteiger partial charge in [-0.2, -0.15) is 0 Å². The highest BCUT2D eigenvalue weighted by Gasteiger charge is 2.12. The van der Waals surface area contributed by atoms with E-state index in [0.717, 1.165) is 5.56 Å². The third kappa shape index (κ3) is 6.15. The van der Waals surface area contributed by atoms with Gasteiger partial charge in [0.05, 0.1) is 6.54 Å². The van der Waals surface area contributed by atoms with Gasteiger partial charge in [0.25, 0.3) is 0 Å². The molecule has 0 radical (unpaired) electrons. The number of carbonyl (C=O) groups excluding carboxylic acids is 2. The Morgan fingerprint density at radius 2 is 2.00 bits per heavy atom. The molecule has 0 atom stereocenters. The van der Waals surface area contributed by atoms with Gasteiger partial charge < -0.3 is 5.32 Å². The lowest BCUT2D eigenvalue weighted by atomic mass is 10.2. The normalized spacial score (nSPS) is 10.1. The number of hydrogen-bond acceptors (Lipinski definition) is 3. The summed E-state index contributed by atoms with van der Waals surface area (Å²) in [6.45, 7) is 7.33. The predicted molar refractivity (Wildman–Crippen MR) is 79.1 cm³/mol. The molecule has 1 aromatic carbocycles. The standard InChI is InChI=1S/C15H21N3O2/c1-3-10-18(11-13-8-6-5-7-9-13)12-14(19)17-15(20)16-4-2/h3,5-9H,1,4,10-12H2,2H3,(H2,16,17,19,20). The molecule has 0 aliphatic heterocycles. The summed E-state index contributed by atoms with van der Waals surface area (Å²) in [5.41, 5.74) is 1.11. The van der Waals surface area contributed by atoms with Crippen molar-refractivity contribution >= 4 is 11.9 Å². The first-order chi connectivity index (χ1) is 9.65. The summed E-state index contributed by atoms with van der Waals surface area (Å²) in [4.78, 5) is 24.9. The molecule has 1 aromatic rings. The van der Waals surface area contributed by atoms with Crippen LogP contribution in [0.1, 0.15) is 12.5 Å². The summed E-state index contributed by atoms with van der Waals surface area (Å²) in [6.07, 6.45) is 1.74. The average Bonchev–Trinajstić information content (AvgIpc) is 2.40. The molecule has 108 valence electrons. The molecule has 2 N–H and O–H groups in total. The highest BCUT2D eigenvalue weighted by Crippen LogP contribution is 2.04. The predicted octanol–water partition coefficient (Wildman–Crippen LogP) is 1.52.